The molecular weight excluding hydrogens is 333 g/mol. The zero-order chi connectivity index (χ0) is 18.0. The van der Waals surface area contributed by atoms with E-state index in [1.807, 2.05) is 11.9 Å². The number of rotatable bonds is 3. The van der Waals surface area contributed by atoms with Gasteiger partial charge in [-0.2, -0.15) is 13.2 Å². The first-order valence-electron chi connectivity index (χ1n) is 7.84. The summed E-state index contributed by atoms with van der Waals surface area (Å²) in [6.45, 7) is 2.78. The Morgan fingerprint density at radius 3 is 2.28 bits per heavy atom. The van der Waals surface area contributed by atoms with E-state index in [1.165, 1.54) is 18.2 Å². The highest BCUT2D eigenvalue weighted by Gasteiger charge is 2.38. The Morgan fingerprint density at radius 1 is 1.04 bits per heavy atom. The Morgan fingerprint density at radius 2 is 1.68 bits per heavy atom. The van der Waals surface area contributed by atoms with Gasteiger partial charge in [-0.3, -0.25) is 4.79 Å². The fourth-order valence-electron chi connectivity index (χ4n) is 2.70. The fourth-order valence-corrected chi connectivity index (χ4v) is 2.70. The summed E-state index contributed by atoms with van der Waals surface area (Å²) in [5.41, 5.74) is -1.54. The van der Waals surface area contributed by atoms with Crippen molar-refractivity contribution < 1.29 is 18.0 Å². The average molecular weight is 350 g/mol. The number of nitrogens with zero attached hydrogens (tertiary/aromatic N) is 4. The number of carbonyl (C=O) groups is 1. The van der Waals surface area contributed by atoms with Crippen molar-refractivity contribution >= 4 is 11.6 Å². The molecule has 2 aromatic rings. The van der Waals surface area contributed by atoms with Crippen LogP contribution in [-0.4, -0.2) is 54.1 Å². The van der Waals surface area contributed by atoms with Gasteiger partial charge in [0.05, 0.1) is 5.56 Å². The van der Waals surface area contributed by atoms with Gasteiger partial charge in [-0.05, 0) is 13.1 Å². The van der Waals surface area contributed by atoms with E-state index < -0.39 is 23.2 Å². The Balaban J connectivity index is 2.01. The number of benzene rings is 1. The number of aromatic nitrogens is 2. The maximum atomic E-state index is 13.3. The molecule has 5 nitrogen and oxygen atoms in total. The van der Waals surface area contributed by atoms with Crippen LogP contribution in [0.5, 0.6) is 0 Å². The molecule has 0 aliphatic carbocycles. The summed E-state index contributed by atoms with van der Waals surface area (Å²) < 4.78 is 39.8. The van der Waals surface area contributed by atoms with Gasteiger partial charge in [-0.15, -0.1) is 10.2 Å². The van der Waals surface area contributed by atoms with E-state index in [2.05, 4.69) is 15.1 Å². The molecule has 2 heterocycles. The van der Waals surface area contributed by atoms with Gasteiger partial charge in [0, 0.05) is 31.7 Å². The van der Waals surface area contributed by atoms with Crippen molar-refractivity contribution in [2.75, 3.05) is 38.1 Å². The number of hydrogen-bond acceptors (Lipinski definition) is 5. The lowest BCUT2D eigenvalue weighted by Crippen LogP contribution is -2.45. The SMILES string of the molecule is CN1CCN(c2cc(C(=O)c3ccccc3)c(C(F)(F)F)nn2)CC1. The maximum absolute atomic E-state index is 13.3. The van der Waals surface area contributed by atoms with Crippen LogP contribution >= 0.6 is 0 Å². The average Bonchev–Trinajstić information content (AvgIpc) is 2.61. The number of ketones is 1. The minimum atomic E-state index is -4.74. The van der Waals surface area contributed by atoms with Crippen molar-refractivity contribution in [3.05, 3.63) is 53.2 Å². The summed E-state index contributed by atoms with van der Waals surface area (Å²) in [6, 6.07) is 9.09. The predicted octanol–water partition coefficient (Wildman–Crippen LogP) is 2.48. The Kier molecular flexibility index (Phi) is 4.71. The molecule has 0 unspecified atom stereocenters. The molecule has 25 heavy (non-hydrogen) atoms. The molecule has 0 radical (unpaired) electrons. The lowest BCUT2D eigenvalue weighted by molar-refractivity contribution is -0.142. The Labute approximate surface area is 143 Å². The van der Waals surface area contributed by atoms with E-state index in [0.29, 0.717) is 18.9 Å². The third-order valence-electron chi connectivity index (χ3n) is 4.16. The van der Waals surface area contributed by atoms with Crippen LogP contribution < -0.4 is 4.90 Å². The molecule has 1 fully saturated rings. The first-order chi connectivity index (χ1) is 11.9. The number of piperazine rings is 1. The Bertz CT molecular complexity index is 756. The number of halogens is 3. The van der Waals surface area contributed by atoms with Crippen molar-refractivity contribution in [3.63, 3.8) is 0 Å². The monoisotopic (exact) mass is 350 g/mol. The molecule has 8 heteroatoms. The molecule has 0 atom stereocenters. The summed E-state index contributed by atoms with van der Waals surface area (Å²) in [5.74, 6) is -0.418. The van der Waals surface area contributed by atoms with Crippen LogP contribution in [0.25, 0.3) is 0 Å². The van der Waals surface area contributed by atoms with E-state index in [9.17, 15) is 18.0 Å². The topological polar surface area (TPSA) is 49.3 Å². The Hall–Kier alpha value is -2.48. The smallest absolute Gasteiger partial charge is 0.353 e. The van der Waals surface area contributed by atoms with Crippen molar-refractivity contribution in [1.29, 1.82) is 0 Å². The highest BCUT2D eigenvalue weighted by Crippen LogP contribution is 2.32. The second-order valence-electron chi connectivity index (χ2n) is 5.95. The summed E-state index contributed by atoms with van der Waals surface area (Å²) in [4.78, 5) is 16.6. The lowest BCUT2D eigenvalue weighted by atomic mass is 10.0. The van der Waals surface area contributed by atoms with E-state index in [-0.39, 0.29) is 5.56 Å². The van der Waals surface area contributed by atoms with Gasteiger partial charge in [-0.1, -0.05) is 30.3 Å². The van der Waals surface area contributed by atoms with E-state index in [4.69, 9.17) is 0 Å². The molecule has 1 saturated heterocycles. The number of carbonyl (C=O) groups excluding carboxylic acids is 1. The summed E-state index contributed by atoms with van der Waals surface area (Å²) in [7, 11) is 1.97. The third-order valence-corrected chi connectivity index (χ3v) is 4.16. The number of hydrogen-bond donors (Lipinski definition) is 0. The second-order valence-corrected chi connectivity index (χ2v) is 5.95. The fraction of sp³-hybridized carbons (Fsp3) is 0.353. The zero-order valence-corrected chi connectivity index (χ0v) is 13.6. The highest BCUT2D eigenvalue weighted by molar-refractivity contribution is 6.10. The number of alkyl halides is 3. The van der Waals surface area contributed by atoms with Crippen molar-refractivity contribution in [3.8, 4) is 0 Å². The molecule has 0 saturated carbocycles. The van der Waals surface area contributed by atoms with Gasteiger partial charge in [0.15, 0.2) is 17.3 Å². The molecule has 132 valence electrons. The predicted molar refractivity (Wildman–Crippen MR) is 86.6 cm³/mol. The van der Waals surface area contributed by atoms with E-state index >= 15 is 0 Å². The van der Waals surface area contributed by atoms with E-state index in [0.717, 1.165) is 13.1 Å². The number of anilines is 1. The van der Waals surface area contributed by atoms with Crippen molar-refractivity contribution in [2.45, 2.75) is 6.18 Å². The molecule has 0 amide bonds. The van der Waals surface area contributed by atoms with Crippen LogP contribution in [0, 0.1) is 0 Å². The zero-order valence-electron chi connectivity index (χ0n) is 13.6. The summed E-state index contributed by atoms with van der Waals surface area (Å²) in [5, 5.41) is 7.06. The van der Waals surface area contributed by atoms with Crippen LogP contribution in [0.1, 0.15) is 21.6 Å². The molecule has 3 rings (SSSR count). The van der Waals surface area contributed by atoms with Gasteiger partial charge in [0.1, 0.15) is 0 Å². The van der Waals surface area contributed by atoms with Gasteiger partial charge < -0.3 is 9.80 Å². The summed E-state index contributed by atoms with van der Waals surface area (Å²) >= 11 is 0. The van der Waals surface area contributed by atoms with Crippen LogP contribution in [0.2, 0.25) is 0 Å². The largest absolute Gasteiger partial charge is 0.435 e. The maximum Gasteiger partial charge on any atom is 0.435 e. The first-order valence-corrected chi connectivity index (χ1v) is 7.84. The first kappa shape index (κ1) is 17.3. The van der Waals surface area contributed by atoms with Crippen LogP contribution in [0.15, 0.2) is 36.4 Å². The normalized spacial score (nSPS) is 16.1. The van der Waals surface area contributed by atoms with Crippen LogP contribution in [0.4, 0.5) is 19.0 Å². The van der Waals surface area contributed by atoms with Gasteiger partial charge in [0.25, 0.3) is 0 Å². The van der Waals surface area contributed by atoms with Gasteiger partial charge in [0.2, 0.25) is 0 Å². The molecule has 1 aromatic carbocycles. The quantitative estimate of drug-likeness (QED) is 0.796. The van der Waals surface area contributed by atoms with Crippen molar-refractivity contribution in [1.82, 2.24) is 15.1 Å². The second kappa shape index (κ2) is 6.79. The standard InChI is InChI=1S/C17H17F3N4O/c1-23-7-9-24(10-8-23)14-11-13(16(22-21-14)17(18,19)20)15(25)12-5-3-2-4-6-12/h2-6,11H,7-10H2,1H3. The molecule has 0 bridgehead atoms. The third kappa shape index (κ3) is 3.79. The summed E-state index contributed by atoms with van der Waals surface area (Å²) in [6.07, 6.45) is -4.74. The van der Waals surface area contributed by atoms with Crippen molar-refractivity contribution in [2.24, 2.45) is 0 Å². The molecular formula is C17H17F3N4O. The van der Waals surface area contributed by atoms with Crippen LogP contribution in [-0.2, 0) is 6.18 Å². The van der Waals surface area contributed by atoms with E-state index in [1.54, 1.807) is 18.2 Å². The van der Waals surface area contributed by atoms with Gasteiger partial charge in [-0.25, -0.2) is 0 Å². The number of likely N-dealkylation sites (N-methyl/N-ethyl adjacent to an activating group) is 1. The molecule has 1 aromatic heterocycles. The van der Waals surface area contributed by atoms with Crippen LogP contribution in [0.3, 0.4) is 0 Å². The molecule has 0 N–H and O–H groups in total. The highest BCUT2D eigenvalue weighted by atomic mass is 19.4. The van der Waals surface area contributed by atoms with Gasteiger partial charge >= 0.3 is 6.18 Å². The minimum Gasteiger partial charge on any atom is -0.353 e. The minimum absolute atomic E-state index is 0.185. The molecule has 1 aliphatic rings. The lowest BCUT2D eigenvalue weighted by Gasteiger charge is -2.33. The molecule has 0 spiro atoms. The molecule has 1 aliphatic heterocycles.